The summed E-state index contributed by atoms with van der Waals surface area (Å²) in [4.78, 5) is 16.7. The van der Waals surface area contributed by atoms with Gasteiger partial charge in [0.25, 0.3) is 5.91 Å². The number of nitrogens with zero attached hydrogens (tertiary/aromatic N) is 4. The molecule has 0 unspecified atom stereocenters. The minimum absolute atomic E-state index is 0.215. The van der Waals surface area contributed by atoms with Crippen LogP contribution in [0.1, 0.15) is 0 Å². The lowest BCUT2D eigenvalue weighted by Gasteiger charge is -2.32. The zero-order valence-electron chi connectivity index (χ0n) is 17.3. The van der Waals surface area contributed by atoms with Crippen molar-refractivity contribution in [1.29, 1.82) is 0 Å². The van der Waals surface area contributed by atoms with Gasteiger partial charge in [0.1, 0.15) is 11.6 Å². The quantitative estimate of drug-likeness (QED) is 0.660. The standard InChI is InChI=1S/C23H24FN5O2/c1-28-10-12-29(13-11-28)22-9-8-21(26-27-22)17-4-2-6-19(14-17)25-23(30)16-31-20-7-3-5-18(24)15-20/h2-9,14-15H,10-13,16H2,1H3,(H,25,30). The smallest absolute Gasteiger partial charge is 0.262 e. The number of hydrogen-bond acceptors (Lipinski definition) is 6. The summed E-state index contributed by atoms with van der Waals surface area (Å²) in [7, 11) is 2.12. The Morgan fingerprint density at radius 3 is 2.58 bits per heavy atom. The van der Waals surface area contributed by atoms with Crippen LogP contribution in [-0.4, -0.2) is 60.8 Å². The highest BCUT2D eigenvalue weighted by Gasteiger charge is 2.16. The Hall–Kier alpha value is -3.52. The topological polar surface area (TPSA) is 70.6 Å². The summed E-state index contributed by atoms with van der Waals surface area (Å²) in [5, 5.41) is 11.5. The maximum absolute atomic E-state index is 13.2. The van der Waals surface area contributed by atoms with E-state index >= 15 is 0 Å². The Morgan fingerprint density at radius 1 is 1.03 bits per heavy atom. The van der Waals surface area contributed by atoms with Gasteiger partial charge >= 0.3 is 0 Å². The molecule has 1 fully saturated rings. The number of piperazine rings is 1. The number of carbonyl (C=O) groups excluding carboxylic acids is 1. The van der Waals surface area contributed by atoms with Crippen molar-refractivity contribution in [2.45, 2.75) is 0 Å². The van der Waals surface area contributed by atoms with E-state index in [4.69, 9.17) is 4.74 Å². The second-order valence-corrected chi connectivity index (χ2v) is 7.44. The second kappa shape index (κ2) is 9.53. The van der Waals surface area contributed by atoms with Crippen LogP contribution >= 0.6 is 0 Å². The number of amides is 1. The summed E-state index contributed by atoms with van der Waals surface area (Å²) in [6.07, 6.45) is 0. The molecule has 1 aliphatic heterocycles. The monoisotopic (exact) mass is 421 g/mol. The molecule has 0 atom stereocenters. The van der Waals surface area contributed by atoms with Crippen LogP contribution < -0.4 is 15.0 Å². The first-order valence-corrected chi connectivity index (χ1v) is 10.1. The van der Waals surface area contributed by atoms with Gasteiger partial charge in [-0.25, -0.2) is 4.39 Å². The average molecular weight is 421 g/mol. The number of hydrogen-bond donors (Lipinski definition) is 1. The number of aromatic nitrogens is 2. The predicted octanol–water partition coefficient (Wildman–Crippen LogP) is 3.05. The molecule has 3 aromatic rings. The van der Waals surface area contributed by atoms with Crippen LogP contribution in [0, 0.1) is 5.82 Å². The van der Waals surface area contributed by atoms with Gasteiger partial charge in [0.05, 0.1) is 5.69 Å². The van der Waals surface area contributed by atoms with Crippen molar-refractivity contribution in [3.63, 3.8) is 0 Å². The van der Waals surface area contributed by atoms with Crippen LogP contribution in [-0.2, 0) is 4.79 Å². The molecule has 160 valence electrons. The lowest BCUT2D eigenvalue weighted by molar-refractivity contribution is -0.118. The molecule has 0 aliphatic carbocycles. The van der Waals surface area contributed by atoms with E-state index in [1.807, 2.05) is 30.3 Å². The van der Waals surface area contributed by atoms with Crippen molar-refractivity contribution in [2.24, 2.45) is 0 Å². The van der Waals surface area contributed by atoms with E-state index in [9.17, 15) is 9.18 Å². The van der Waals surface area contributed by atoms with Gasteiger partial charge in [0.2, 0.25) is 0 Å². The number of halogens is 1. The van der Waals surface area contributed by atoms with Gasteiger partial charge in [0.15, 0.2) is 12.4 Å². The summed E-state index contributed by atoms with van der Waals surface area (Å²) in [5.74, 6) is 0.429. The highest BCUT2D eigenvalue weighted by atomic mass is 19.1. The molecule has 0 radical (unpaired) electrons. The summed E-state index contributed by atoms with van der Waals surface area (Å²) in [6, 6.07) is 17.0. The Morgan fingerprint density at radius 2 is 1.84 bits per heavy atom. The number of anilines is 2. The number of likely N-dealkylation sites (N-methyl/N-ethyl adjacent to an activating group) is 1. The number of carbonyl (C=O) groups is 1. The maximum Gasteiger partial charge on any atom is 0.262 e. The van der Waals surface area contributed by atoms with Crippen molar-refractivity contribution >= 4 is 17.4 Å². The summed E-state index contributed by atoms with van der Waals surface area (Å²) in [5.41, 5.74) is 2.20. The van der Waals surface area contributed by atoms with E-state index in [2.05, 4.69) is 32.4 Å². The molecular weight excluding hydrogens is 397 g/mol. The Kier molecular flexibility index (Phi) is 6.37. The van der Waals surface area contributed by atoms with Gasteiger partial charge < -0.3 is 19.9 Å². The molecule has 1 aromatic heterocycles. The average Bonchev–Trinajstić information content (AvgIpc) is 2.79. The van der Waals surface area contributed by atoms with E-state index in [1.54, 1.807) is 12.1 Å². The van der Waals surface area contributed by atoms with Gasteiger partial charge in [-0.05, 0) is 43.4 Å². The van der Waals surface area contributed by atoms with Crippen molar-refractivity contribution < 1.29 is 13.9 Å². The van der Waals surface area contributed by atoms with Crippen molar-refractivity contribution in [2.75, 3.05) is 50.1 Å². The molecular formula is C23H24FN5O2. The molecule has 0 spiro atoms. The molecule has 31 heavy (non-hydrogen) atoms. The summed E-state index contributed by atoms with van der Waals surface area (Å²) >= 11 is 0. The highest BCUT2D eigenvalue weighted by molar-refractivity contribution is 5.92. The van der Waals surface area contributed by atoms with Crippen molar-refractivity contribution in [3.05, 3.63) is 66.5 Å². The van der Waals surface area contributed by atoms with Crippen LogP contribution in [0.15, 0.2) is 60.7 Å². The van der Waals surface area contributed by atoms with Gasteiger partial charge in [-0.1, -0.05) is 18.2 Å². The Balaban J connectivity index is 1.37. The van der Waals surface area contributed by atoms with Crippen molar-refractivity contribution in [1.82, 2.24) is 15.1 Å². The largest absolute Gasteiger partial charge is 0.484 e. The fourth-order valence-corrected chi connectivity index (χ4v) is 3.34. The van der Waals surface area contributed by atoms with Gasteiger partial charge in [-0.15, -0.1) is 10.2 Å². The van der Waals surface area contributed by atoms with Crippen LogP contribution in [0.3, 0.4) is 0 Å². The maximum atomic E-state index is 13.2. The molecule has 0 bridgehead atoms. The van der Waals surface area contributed by atoms with E-state index in [0.717, 1.165) is 43.3 Å². The van der Waals surface area contributed by atoms with E-state index in [-0.39, 0.29) is 12.5 Å². The number of ether oxygens (including phenoxy) is 1. The molecule has 2 aromatic carbocycles. The molecule has 1 saturated heterocycles. The molecule has 4 rings (SSSR count). The predicted molar refractivity (Wildman–Crippen MR) is 118 cm³/mol. The van der Waals surface area contributed by atoms with E-state index in [0.29, 0.717) is 11.4 Å². The molecule has 1 aliphatic rings. The van der Waals surface area contributed by atoms with Crippen LogP contribution in [0.25, 0.3) is 11.3 Å². The molecule has 2 heterocycles. The Bertz CT molecular complexity index is 1040. The van der Waals surface area contributed by atoms with E-state index < -0.39 is 5.82 Å². The number of rotatable bonds is 6. The first kappa shape index (κ1) is 20.7. The Labute approximate surface area is 180 Å². The number of benzene rings is 2. The van der Waals surface area contributed by atoms with Crippen LogP contribution in [0.5, 0.6) is 5.75 Å². The minimum atomic E-state index is -0.412. The third kappa shape index (κ3) is 5.55. The molecule has 0 saturated carbocycles. The summed E-state index contributed by atoms with van der Waals surface area (Å²) in [6.45, 7) is 3.67. The van der Waals surface area contributed by atoms with Crippen molar-refractivity contribution in [3.8, 4) is 17.0 Å². The number of nitrogens with one attached hydrogen (secondary N) is 1. The third-order valence-electron chi connectivity index (χ3n) is 5.09. The van der Waals surface area contributed by atoms with Crippen LogP contribution in [0.4, 0.5) is 15.9 Å². The SMILES string of the molecule is CN1CCN(c2ccc(-c3cccc(NC(=O)COc4cccc(F)c4)c3)nn2)CC1. The first-order chi connectivity index (χ1) is 15.1. The van der Waals surface area contributed by atoms with Gasteiger partial charge in [-0.2, -0.15) is 0 Å². The first-order valence-electron chi connectivity index (χ1n) is 10.1. The molecule has 7 nitrogen and oxygen atoms in total. The van der Waals surface area contributed by atoms with Crippen LogP contribution in [0.2, 0.25) is 0 Å². The molecule has 1 amide bonds. The lowest BCUT2D eigenvalue weighted by atomic mass is 10.1. The fourth-order valence-electron chi connectivity index (χ4n) is 3.34. The molecule has 8 heteroatoms. The second-order valence-electron chi connectivity index (χ2n) is 7.44. The lowest BCUT2D eigenvalue weighted by Crippen LogP contribution is -2.44. The van der Waals surface area contributed by atoms with Gasteiger partial charge in [-0.3, -0.25) is 4.79 Å². The zero-order valence-corrected chi connectivity index (χ0v) is 17.3. The molecule has 1 N–H and O–H groups in total. The third-order valence-corrected chi connectivity index (χ3v) is 5.09. The highest BCUT2D eigenvalue weighted by Crippen LogP contribution is 2.22. The minimum Gasteiger partial charge on any atom is -0.484 e. The fraction of sp³-hybridized carbons (Fsp3) is 0.261. The normalized spacial score (nSPS) is 14.3. The zero-order chi connectivity index (χ0) is 21.6. The summed E-state index contributed by atoms with van der Waals surface area (Å²) < 4.78 is 18.5. The van der Waals surface area contributed by atoms with E-state index in [1.165, 1.54) is 18.2 Å². The van der Waals surface area contributed by atoms with Gasteiger partial charge in [0, 0.05) is 43.5 Å².